The van der Waals surface area contributed by atoms with E-state index in [1.54, 1.807) is 0 Å². The lowest BCUT2D eigenvalue weighted by Crippen LogP contribution is -2.34. The molecule has 1 N–H and O–H groups in total. The van der Waals surface area contributed by atoms with E-state index in [0.717, 1.165) is 38.3 Å². The van der Waals surface area contributed by atoms with Crippen molar-refractivity contribution in [3.63, 3.8) is 0 Å². The molecule has 1 fully saturated rings. The lowest BCUT2D eigenvalue weighted by Gasteiger charge is -2.31. The summed E-state index contributed by atoms with van der Waals surface area (Å²) in [7, 11) is 0. The van der Waals surface area contributed by atoms with Crippen molar-refractivity contribution in [3.8, 4) is 5.75 Å². The van der Waals surface area contributed by atoms with Gasteiger partial charge in [0, 0.05) is 36.4 Å². The minimum atomic E-state index is 0.198. The van der Waals surface area contributed by atoms with Crippen LogP contribution in [0.2, 0.25) is 0 Å². The van der Waals surface area contributed by atoms with E-state index in [0.29, 0.717) is 5.92 Å². The number of H-pyrrole nitrogens is 1. The van der Waals surface area contributed by atoms with Crippen molar-refractivity contribution in [2.24, 2.45) is 5.41 Å². The number of hydrogen-bond donors (Lipinski definition) is 1. The quantitative estimate of drug-likeness (QED) is 0.537. The van der Waals surface area contributed by atoms with Gasteiger partial charge in [-0.05, 0) is 86.9 Å². The first-order chi connectivity index (χ1) is 14.8. The van der Waals surface area contributed by atoms with Crippen molar-refractivity contribution in [3.05, 3.63) is 47.9 Å². The standard InChI is InChI=1S/C26H38N4O/c1-19(2)31-22-6-7-25-23(14-22)24(16-27-25)21-9-12-29(13-10-21)11-8-20-15-28-30(17-20)18-26(3,4)5/h6-7,14-17,19,21,27H,8-13,18H2,1-5H3. The summed E-state index contributed by atoms with van der Waals surface area (Å²) in [6.45, 7) is 15.3. The Morgan fingerprint density at radius 1 is 1.19 bits per heavy atom. The number of benzene rings is 1. The van der Waals surface area contributed by atoms with E-state index in [-0.39, 0.29) is 11.5 Å². The molecule has 4 rings (SSSR count). The summed E-state index contributed by atoms with van der Waals surface area (Å²) in [5.41, 5.74) is 4.27. The highest BCUT2D eigenvalue weighted by molar-refractivity contribution is 5.85. The predicted octanol–water partition coefficient (Wildman–Crippen LogP) is 5.62. The Morgan fingerprint density at radius 3 is 2.68 bits per heavy atom. The number of aromatic nitrogens is 3. The molecule has 1 aromatic carbocycles. The molecular formula is C26H38N4O. The topological polar surface area (TPSA) is 46.1 Å². The first kappa shape index (κ1) is 21.9. The number of aromatic amines is 1. The van der Waals surface area contributed by atoms with E-state index in [9.17, 15) is 0 Å². The van der Waals surface area contributed by atoms with Gasteiger partial charge in [0.2, 0.25) is 0 Å². The Bertz CT molecular complexity index is 986. The molecule has 3 aromatic rings. The lowest BCUT2D eigenvalue weighted by atomic mass is 9.89. The van der Waals surface area contributed by atoms with Crippen LogP contribution in [-0.2, 0) is 13.0 Å². The van der Waals surface area contributed by atoms with Crippen molar-refractivity contribution in [2.75, 3.05) is 19.6 Å². The van der Waals surface area contributed by atoms with E-state index in [4.69, 9.17) is 4.74 Å². The third kappa shape index (κ3) is 5.70. The van der Waals surface area contributed by atoms with Crippen molar-refractivity contribution in [2.45, 2.75) is 72.4 Å². The van der Waals surface area contributed by atoms with Gasteiger partial charge < -0.3 is 14.6 Å². The SMILES string of the molecule is CC(C)Oc1ccc2[nH]cc(C3CCN(CCc4cnn(CC(C)(C)C)c4)CC3)c2c1. The molecule has 0 spiro atoms. The minimum absolute atomic E-state index is 0.198. The number of likely N-dealkylation sites (tertiary alicyclic amines) is 1. The molecule has 31 heavy (non-hydrogen) atoms. The zero-order valence-electron chi connectivity index (χ0n) is 19.8. The summed E-state index contributed by atoms with van der Waals surface area (Å²) >= 11 is 0. The van der Waals surface area contributed by atoms with E-state index >= 15 is 0 Å². The number of fused-ring (bicyclic) bond motifs is 1. The maximum atomic E-state index is 5.92. The molecule has 5 heteroatoms. The summed E-state index contributed by atoms with van der Waals surface area (Å²) in [5.74, 6) is 1.58. The van der Waals surface area contributed by atoms with Crippen molar-refractivity contribution < 1.29 is 4.74 Å². The summed E-state index contributed by atoms with van der Waals surface area (Å²) in [5, 5.41) is 5.87. The Hall–Kier alpha value is -2.27. The lowest BCUT2D eigenvalue weighted by molar-refractivity contribution is 0.215. The van der Waals surface area contributed by atoms with Crippen LogP contribution < -0.4 is 4.74 Å². The van der Waals surface area contributed by atoms with Gasteiger partial charge in [-0.25, -0.2) is 0 Å². The minimum Gasteiger partial charge on any atom is -0.491 e. The molecule has 0 bridgehead atoms. The van der Waals surface area contributed by atoms with E-state index in [1.807, 2.05) is 6.20 Å². The highest BCUT2D eigenvalue weighted by Gasteiger charge is 2.23. The van der Waals surface area contributed by atoms with Gasteiger partial charge in [-0.3, -0.25) is 4.68 Å². The van der Waals surface area contributed by atoms with Crippen LogP contribution in [0.1, 0.15) is 64.5 Å². The number of ether oxygens (including phenoxy) is 1. The van der Waals surface area contributed by atoms with Gasteiger partial charge in [0.25, 0.3) is 0 Å². The average molecular weight is 423 g/mol. The molecule has 0 atom stereocenters. The fraction of sp³-hybridized carbons (Fsp3) is 0.577. The van der Waals surface area contributed by atoms with E-state index in [1.165, 1.54) is 34.9 Å². The second-order valence-electron chi connectivity index (χ2n) is 10.6. The van der Waals surface area contributed by atoms with Crippen LogP contribution in [0.3, 0.4) is 0 Å². The smallest absolute Gasteiger partial charge is 0.120 e. The Kier molecular flexibility index (Phi) is 6.42. The second kappa shape index (κ2) is 9.07. The summed E-state index contributed by atoms with van der Waals surface area (Å²) in [6.07, 6.45) is 10.2. The van der Waals surface area contributed by atoms with E-state index in [2.05, 4.69) is 84.9 Å². The number of piperidine rings is 1. The molecule has 0 aliphatic carbocycles. The molecule has 0 radical (unpaired) electrons. The van der Waals surface area contributed by atoms with Gasteiger partial charge in [0.15, 0.2) is 0 Å². The number of rotatable bonds is 7. The number of nitrogens with zero attached hydrogens (tertiary/aromatic N) is 3. The molecule has 1 aliphatic rings. The molecule has 2 aromatic heterocycles. The van der Waals surface area contributed by atoms with Gasteiger partial charge in [-0.1, -0.05) is 20.8 Å². The predicted molar refractivity (Wildman–Crippen MR) is 128 cm³/mol. The summed E-state index contributed by atoms with van der Waals surface area (Å²) < 4.78 is 8.02. The molecule has 3 heterocycles. The number of nitrogens with one attached hydrogen (secondary N) is 1. The Labute approximate surface area is 186 Å². The van der Waals surface area contributed by atoms with Crippen LogP contribution in [-0.4, -0.2) is 45.4 Å². The zero-order chi connectivity index (χ0) is 22.0. The highest BCUT2D eigenvalue weighted by atomic mass is 16.5. The molecule has 1 saturated heterocycles. The van der Waals surface area contributed by atoms with Gasteiger partial charge >= 0.3 is 0 Å². The molecule has 0 amide bonds. The van der Waals surface area contributed by atoms with Gasteiger partial charge in [-0.15, -0.1) is 0 Å². The first-order valence-corrected chi connectivity index (χ1v) is 11.8. The third-order valence-electron chi connectivity index (χ3n) is 6.12. The van der Waals surface area contributed by atoms with Gasteiger partial charge in [0.05, 0.1) is 12.3 Å². The van der Waals surface area contributed by atoms with Crippen molar-refractivity contribution in [1.82, 2.24) is 19.7 Å². The molecule has 0 unspecified atom stereocenters. The van der Waals surface area contributed by atoms with Gasteiger partial charge in [0.1, 0.15) is 5.75 Å². The molecule has 5 nitrogen and oxygen atoms in total. The second-order valence-corrected chi connectivity index (χ2v) is 10.6. The molecule has 1 aliphatic heterocycles. The maximum absolute atomic E-state index is 5.92. The van der Waals surface area contributed by atoms with Crippen LogP contribution in [0.15, 0.2) is 36.8 Å². The zero-order valence-corrected chi connectivity index (χ0v) is 19.8. The first-order valence-electron chi connectivity index (χ1n) is 11.8. The van der Waals surface area contributed by atoms with Crippen LogP contribution in [0.25, 0.3) is 10.9 Å². The van der Waals surface area contributed by atoms with Crippen LogP contribution in [0, 0.1) is 5.41 Å². The Balaban J connectivity index is 1.32. The molecule has 168 valence electrons. The summed E-state index contributed by atoms with van der Waals surface area (Å²) in [4.78, 5) is 6.07. The average Bonchev–Trinajstić information content (AvgIpc) is 3.31. The van der Waals surface area contributed by atoms with Crippen LogP contribution in [0.4, 0.5) is 0 Å². The molecule has 0 saturated carbocycles. The largest absolute Gasteiger partial charge is 0.491 e. The molecular weight excluding hydrogens is 384 g/mol. The fourth-order valence-corrected chi connectivity index (χ4v) is 4.67. The normalized spacial score (nSPS) is 16.5. The van der Waals surface area contributed by atoms with Crippen LogP contribution in [0.5, 0.6) is 5.75 Å². The van der Waals surface area contributed by atoms with E-state index < -0.39 is 0 Å². The highest BCUT2D eigenvalue weighted by Crippen LogP contribution is 2.35. The van der Waals surface area contributed by atoms with Crippen LogP contribution >= 0.6 is 0 Å². The fourth-order valence-electron chi connectivity index (χ4n) is 4.67. The summed E-state index contributed by atoms with van der Waals surface area (Å²) in [6, 6.07) is 6.42. The monoisotopic (exact) mass is 422 g/mol. The van der Waals surface area contributed by atoms with Gasteiger partial charge in [-0.2, -0.15) is 5.10 Å². The van der Waals surface area contributed by atoms with Crippen molar-refractivity contribution in [1.29, 1.82) is 0 Å². The Morgan fingerprint density at radius 2 is 1.97 bits per heavy atom. The number of hydrogen-bond acceptors (Lipinski definition) is 3. The third-order valence-corrected chi connectivity index (χ3v) is 6.12. The van der Waals surface area contributed by atoms with Crippen molar-refractivity contribution >= 4 is 10.9 Å². The maximum Gasteiger partial charge on any atom is 0.120 e.